The minimum Gasteiger partial charge on any atom is -0.384 e. The number of anilines is 1. The molecule has 4 nitrogen and oxygen atoms in total. The summed E-state index contributed by atoms with van der Waals surface area (Å²) in [6, 6.07) is 3.56. The molecule has 0 saturated heterocycles. The third-order valence-corrected chi connectivity index (χ3v) is 3.15. The topological polar surface area (TPSA) is 82.0 Å². The molecule has 1 aromatic heterocycles. The lowest BCUT2D eigenvalue weighted by Gasteiger charge is -2.37. The summed E-state index contributed by atoms with van der Waals surface area (Å²) in [5, 5.41) is 0. The maximum Gasteiger partial charge on any atom is 0.139 e. The molecule has 1 heterocycles. The van der Waals surface area contributed by atoms with E-state index in [0.29, 0.717) is 18.7 Å². The molecule has 1 aromatic rings. The van der Waals surface area contributed by atoms with Crippen LogP contribution in [0.25, 0.3) is 0 Å². The zero-order valence-electron chi connectivity index (χ0n) is 9.28. The highest BCUT2D eigenvalue weighted by molar-refractivity contribution is 5.82. The molecule has 1 aliphatic carbocycles. The van der Waals surface area contributed by atoms with Crippen LogP contribution in [0.5, 0.6) is 0 Å². The molecular weight excluding hydrogens is 202 g/mol. The standard InChI is InChI=1S/C12H17N3O/c13-11-7-9(2-5-15-11)6-10(16)8-12(14)3-1-4-12/h2,5,7H,1,3-4,6,8,14H2,(H2,13,15). The fraction of sp³-hybridized carbons (Fsp3) is 0.500. The fourth-order valence-corrected chi connectivity index (χ4v) is 2.09. The largest absolute Gasteiger partial charge is 0.384 e. The Morgan fingerprint density at radius 3 is 2.81 bits per heavy atom. The van der Waals surface area contributed by atoms with E-state index in [0.717, 1.165) is 24.8 Å². The second kappa shape index (κ2) is 4.22. The van der Waals surface area contributed by atoms with Crippen molar-refractivity contribution in [3.63, 3.8) is 0 Å². The van der Waals surface area contributed by atoms with Gasteiger partial charge in [0.15, 0.2) is 0 Å². The number of nitrogens with two attached hydrogens (primary N) is 2. The van der Waals surface area contributed by atoms with Crippen molar-refractivity contribution in [1.29, 1.82) is 0 Å². The summed E-state index contributed by atoms with van der Waals surface area (Å²) in [5.74, 6) is 0.643. The lowest BCUT2D eigenvalue weighted by Crippen LogP contribution is -2.48. The average Bonchev–Trinajstić information content (AvgIpc) is 2.15. The van der Waals surface area contributed by atoms with Gasteiger partial charge in [-0.25, -0.2) is 4.98 Å². The first-order chi connectivity index (χ1) is 7.57. The monoisotopic (exact) mass is 219 g/mol. The molecule has 0 amide bonds. The highest BCUT2D eigenvalue weighted by atomic mass is 16.1. The number of Topliss-reactive ketones (excluding diaryl/α,β-unsaturated/α-hetero) is 1. The van der Waals surface area contributed by atoms with Crippen molar-refractivity contribution in [2.75, 3.05) is 5.73 Å². The molecule has 16 heavy (non-hydrogen) atoms. The van der Waals surface area contributed by atoms with E-state index in [1.807, 2.05) is 6.07 Å². The first-order valence-corrected chi connectivity index (χ1v) is 5.58. The number of hydrogen-bond acceptors (Lipinski definition) is 4. The fourth-order valence-electron chi connectivity index (χ4n) is 2.09. The predicted octanol–water partition coefficient (Wildman–Crippen LogP) is 1.05. The molecule has 0 bridgehead atoms. The number of aromatic nitrogens is 1. The summed E-state index contributed by atoms with van der Waals surface area (Å²) in [6.07, 6.45) is 5.60. The molecule has 1 aliphatic rings. The van der Waals surface area contributed by atoms with E-state index in [1.165, 1.54) is 0 Å². The van der Waals surface area contributed by atoms with Gasteiger partial charge in [-0.15, -0.1) is 0 Å². The Hall–Kier alpha value is -1.42. The molecule has 0 aliphatic heterocycles. The Bertz CT molecular complexity index is 399. The zero-order valence-corrected chi connectivity index (χ0v) is 9.28. The Morgan fingerprint density at radius 2 is 2.25 bits per heavy atom. The van der Waals surface area contributed by atoms with Crippen LogP contribution in [0.1, 0.15) is 31.2 Å². The van der Waals surface area contributed by atoms with E-state index >= 15 is 0 Å². The summed E-state index contributed by atoms with van der Waals surface area (Å²) in [5.41, 5.74) is 12.3. The van der Waals surface area contributed by atoms with Gasteiger partial charge in [-0.3, -0.25) is 4.79 Å². The van der Waals surface area contributed by atoms with Crippen molar-refractivity contribution in [1.82, 2.24) is 4.98 Å². The lowest BCUT2D eigenvalue weighted by atomic mass is 9.74. The molecule has 0 aromatic carbocycles. The highest BCUT2D eigenvalue weighted by Crippen LogP contribution is 2.32. The lowest BCUT2D eigenvalue weighted by molar-refractivity contribution is -0.120. The summed E-state index contributed by atoms with van der Waals surface area (Å²) in [7, 11) is 0. The number of ketones is 1. The maximum atomic E-state index is 11.8. The first-order valence-electron chi connectivity index (χ1n) is 5.58. The first kappa shape index (κ1) is 11.1. The third kappa shape index (κ3) is 2.58. The molecular formula is C12H17N3O. The van der Waals surface area contributed by atoms with Gasteiger partial charge < -0.3 is 11.5 Å². The number of carbonyl (C=O) groups excluding carboxylic acids is 1. The van der Waals surface area contributed by atoms with Gasteiger partial charge in [0.25, 0.3) is 0 Å². The SMILES string of the molecule is Nc1cc(CC(=O)CC2(N)CCC2)ccn1. The molecule has 1 saturated carbocycles. The van der Waals surface area contributed by atoms with E-state index in [4.69, 9.17) is 11.5 Å². The maximum absolute atomic E-state index is 11.8. The van der Waals surface area contributed by atoms with Crippen molar-refractivity contribution in [2.45, 2.75) is 37.6 Å². The van der Waals surface area contributed by atoms with Gasteiger partial charge in [0.2, 0.25) is 0 Å². The minimum atomic E-state index is -0.227. The highest BCUT2D eigenvalue weighted by Gasteiger charge is 2.34. The van der Waals surface area contributed by atoms with Crippen molar-refractivity contribution in [2.24, 2.45) is 5.73 Å². The Balaban J connectivity index is 1.92. The molecule has 86 valence electrons. The van der Waals surface area contributed by atoms with Crippen LogP contribution in [0.2, 0.25) is 0 Å². The molecule has 0 unspecified atom stereocenters. The summed E-state index contributed by atoms with van der Waals surface area (Å²) in [6.45, 7) is 0. The molecule has 0 atom stereocenters. The Morgan fingerprint density at radius 1 is 1.50 bits per heavy atom. The number of rotatable bonds is 4. The van der Waals surface area contributed by atoms with Gasteiger partial charge in [0, 0.05) is 24.6 Å². The van der Waals surface area contributed by atoms with Crippen LogP contribution < -0.4 is 11.5 Å². The number of pyridine rings is 1. The van der Waals surface area contributed by atoms with Gasteiger partial charge in [-0.1, -0.05) is 0 Å². The second-order valence-electron chi connectivity index (χ2n) is 4.70. The van der Waals surface area contributed by atoms with Gasteiger partial charge in [-0.2, -0.15) is 0 Å². The number of nitrogen functional groups attached to an aromatic ring is 1. The quantitative estimate of drug-likeness (QED) is 0.793. The normalized spacial score (nSPS) is 17.8. The number of nitrogens with zero attached hydrogens (tertiary/aromatic N) is 1. The van der Waals surface area contributed by atoms with E-state index in [9.17, 15) is 4.79 Å². The molecule has 4 N–H and O–H groups in total. The van der Waals surface area contributed by atoms with E-state index in [1.54, 1.807) is 12.3 Å². The van der Waals surface area contributed by atoms with Crippen LogP contribution in [-0.4, -0.2) is 16.3 Å². The average molecular weight is 219 g/mol. The Labute approximate surface area is 95.0 Å². The Kier molecular flexibility index (Phi) is 2.92. The van der Waals surface area contributed by atoms with Crippen LogP contribution in [-0.2, 0) is 11.2 Å². The summed E-state index contributed by atoms with van der Waals surface area (Å²) >= 11 is 0. The molecule has 0 spiro atoms. The molecule has 4 heteroatoms. The number of hydrogen-bond donors (Lipinski definition) is 2. The van der Waals surface area contributed by atoms with Crippen LogP contribution in [0, 0.1) is 0 Å². The van der Waals surface area contributed by atoms with Crippen molar-refractivity contribution < 1.29 is 4.79 Å². The third-order valence-electron chi connectivity index (χ3n) is 3.15. The van der Waals surface area contributed by atoms with Crippen molar-refractivity contribution >= 4 is 11.6 Å². The molecule has 0 radical (unpaired) electrons. The minimum absolute atomic E-state index is 0.188. The van der Waals surface area contributed by atoms with E-state index in [2.05, 4.69) is 4.98 Å². The zero-order chi connectivity index (χ0) is 11.6. The molecule has 2 rings (SSSR count). The van der Waals surface area contributed by atoms with Crippen LogP contribution in [0.3, 0.4) is 0 Å². The van der Waals surface area contributed by atoms with Crippen LogP contribution in [0.15, 0.2) is 18.3 Å². The van der Waals surface area contributed by atoms with Crippen molar-refractivity contribution in [3.8, 4) is 0 Å². The van der Waals surface area contributed by atoms with E-state index < -0.39 is 0 Å². The number of carbonyl (C=O) groups is 1. The second-order valence-corrected chi connectivity index (χ2v) is 4.70. The van der Waals surface area contributed by atoms with Gasteiger partial charge in [-0.05, 0) is 37.0 Å². The van der Waals surface area contributed by atoms with E-state index in [-0.39, 0.29) is 11.3 Å². The molecule has 1 fully saturated rings. The predicted molar refractivity (Wildman–Crippen MR) is 62.7 cm³/mol. The van der Waals surface area contributed by atoms with Crippen molar-refractivity contribution in [3.05, 3.63) is 23.9 Å². The van der Waals surface area contributed by atoms with Gasteiger partial charge in [0.05, 0.1) is 0 Å². The summed E-state index contributed by atoms with van der Waals surface area (Å²) in [4.78, 5) is 15.7. The van der Waals surface area contributed by atoms with Gasteiger partial charge in [0.1, 0.15) is 11.6 Å². The van der Waals surface area contributed by atoms with Gasteiger partial charge >= 0.3 is 0 Å². The summed E-state index contributed by atoms with van der Waals surface area (Å²) < 4.78 is 0. The van der Waals surface area contributed by atoms with Crippen LogP contribution >= 0.6 is 0 Å². The van der Waals surface area contributed by atoms with Crippen LogP contribution in [0.4, 0.5) is 5.82 Å². The smallest absolute Gasteiger partial charge is 0.139 e.